The Kier molecular flexibility index (Phi) is 5.91. The van der Waals surface area contributed by atoms with Gasteiger partial charge in [-0.3, -0.25) is 14.9 Å². The van der Waals surface area contributed by atoms with E-state index in [0.717, 1.165) is 5.56 Å². The van der Waals surface area contributed by atoms with Crippen molar-refractivity contribution in [2.75, 3.05) is 11.1 Å². The Balaban J connectivity index is 1.78. The molecule has 0 spiro atoms. The number of carbonyl (C=O) groups excluding carboxylic acids is 1. The summed E-state index contributed by atoms with van der Waals surface area (Å²) in [7, 11) is 0. The molecule has 0 heterocycles. The van der Waals surface area contributed by atoms with Gasteiger partial charge in [0.15, 0.2) is 0 Å². The summed E-state index contributed by atoms with van der Waals surface area (Å²) in [5, 5.41) is 22.0. The topological polar surface area (TPSA) is 110 Å². The molecule has 0 saturated heterocycles. The van der Waals surface area contributed by atoms with Gasteiger partial charge in [-0.15, -0.1) is 11.8 Å². The first kappa shape index (κ1) is 17.5. The summed E-state index contributed by atoms with van der Waals surface area (Å²) in [6.07, 6.45) is 0. The molecular weight excluding hydrogens is 332 g/mol. The number of non-ortho nitro benzene ring substituents is 1. The molecule has 2 aromatic rings. The third-order valence-corrected chi connectivity index (χ3v) is 4.07. The van der Waals surface area contributed by atoms with Gasteiger partial charge in [-0.05, 0) is 29.8 Å². The lowest BCUT2D eigenvalue weighted by molar-refractivity contribution is -0.384. The SMILES string of the molecule is O=C(CSCc1ccc([N+](=O)[O-])cc1)Nc1ccc(C(=O)O)cc1. The van der Waals surface area contributed by atoms with Gasteiger partial charge in [0.1, 0.15) is 0 Å². The highest BCUT2D eigenvalue weighted by Gasteiger charge is 2.07. The van der Waals surface area contributed by atoms with Crippen LogP contribution < -0.4 is 5.32 Å². The predicted octanol–water partition coefficient (Wildman–Crippen LogP) is 3.16. The third-order valence-electron chi connectivity index (χ3n) is 3.06. The van der Waals surface area contributed by atoms with Crippen LogP contribution in [0.15, 0.2) is 48.5 Å². The Morgan fingerprint density at radius 1 is 1.08 bits per heavy atom. The lowest BCUT2D eigenvalue weighted by Crippen LogP contribution is -2.14. The highest BCUT2D eigenvalue weighted by Crippen LogP contribution is 2.17. The van der Waals surface area contributed by atoms with E-state index in [9.17, 15) is 19.7 Å². The molecule has 0 saturated carbocycles. The standard InChI is InChI=1S/C16H14N2O5S/c19-15(17-13-5-3-12(4-6-13)16(20)21)10-24-9-11-1-7-14(8-2-11)18(22)23/h1-8H,9-10H2,(H,17,19)(H,20,21). The van der Waals surface area contributed by atoms with Crippen LogP contribution in [0.1, 0.15) is 15.9 Å². The number of hydrogen-bond acceptors (Lipinski definition) is 5. The number of thioether (sulfide) groups is 1. The van der Waals surface area contributed by atoms with Crippen molar-refractivity contribution in [3.8, 4) is 0 Å². The van der Waals surface area contributed by atoms with Crippen LogP contribution in [0.3, 0.4) is 0 Å². The summed E-state index contributed by atoms with van der Waals surface area (Å²) in [6.45, 7) is 0. The van der Waals surface area contributed by atoms with Gasteiger partial charge < -0.3 is 10.4 Å². The van der Waals surface area contributed by atoms with Crippen molar-refractivity contribution in [2.24, 2.45) is 0 Å². The Bertz CT molecular complexity index is 744. The van der Waals surface area contributed by atoms with Crippen LogP contribution in [0, 0.1) is 10.1 Å². The number of carboxylic acid groups (broad SMARTS) is 1. The Labute approximate surface area is 141 Å². The van der Waals surface area contributed by atoms with E-state index in [1.807, 2.05) is 0 Å². The number of amides is 1. The van der Waals surface area contributed by atoms with Crippen LogP contribution in [0.25, 0.3) is 0 Å². The van der Waals surface area contributed by atoms with Crippen LogP contribution in [0.2, 0.25) is 0 Å². The Morgan fingerprint density at radius 3 is 2.25 bits per heavy atom. The van der Waals surface area contributed by atoms with Gasteiger partial charge >= 0.3 is 5.97 Å². The van der Waals surface area contributed by atoms with Crippen LogP contribution in [-0.2, 0) is 10.5 Å². The molecule has 0 aliphatic heterocycles. The summed E-state index contributed by atoms with van der Waals surface area (Å²) < 4.78 is 0. The number of carbonyl (C=O) groups is 2. The fourth-order valence-electron chi connectivity index (χ4n) is 1.87. The molecule has 7 nitrogen and oxygen atoms in total. The average Bonchev–Trinajstić information content (AvgIpc) is 2.55. The second-order valence-corrected chi connectivity index (χ2v) is 5.83. The van der Waals surface area contributed by atoms with Crippen molar-refractivity contribution in [1.82, 2.24) is 0 Å². The van der Waals surface area contributed by atoms with Gasteiger partial charge in [-0.1, -0.05) is 12.1 Å². The third kappa shape index (κ3) is 5.10. The smallest absolute Gasteiger partial charge is 0.335 e. The number of benzene rings is 2. The molecule has 0 atom stereocenters. The summed E-state index contributed by atoms with van der Waals surface area (Å²) in [6, 6.07) is 12.1. The lowest BCUT2D eigenvalue weighted by atomic mass is 10.2. The normalized spacial score (nSPS) is 10.2. The zero-order valence-electron chi connectivity index (χ0n) is 12.5. The highest BCUT2D eigenvalue weighted by atomic mass is 32.2. The molecule has 1 amide bonds. The van der Waals surface area contributed by atoms with Crippen LogP contribution >= 0.6 is 11.8 Å². The van der Waals surface area contributed by atoms with Gasteiger partial charge in [0.25, 0.3) is 5.69 Å². The first-order chi connectivity index (χ1) is 11.5. The summed E-state index contributed by atoms with van der Waals surface area (Å²) in [5.41, 5.74) is 1.61. The van der Waals surface area contributed by atoms with E-state index in [0.29, 0.717) is 11.4 Å². The van der Waals surface area contributed by atoms with E-state index in [-0.39, 0.29) is 22.9 Å². The minimum atomic E-state index is -1.02. The first-order valence-electron chi connectivity index (χ1n) is 6.90. The molecular formula is C16H14N2O5S. The van der Waals surface area contributed by atoms with Crippen molar-refractivity contribution in [2.45, 2.75) is 5.75 Å². The van der Waals surface area contributed by atoms with Gasteiger partial charge in [-0.25, -0.2) is 4.79 Å². The average molecular weight is 346 g/mol. The van der Waals surface area contributed by atoms with E-state index >= 15 is 0 Å². The molecule has 0 unspecified atom stereocenters. The molecule has 2 N–H and O–H groups in total. The van der Waals surface area contributed by atoms with Gasteiger partial charge in [0.05, 0.1) is 16.2 Å². The number of nitro benzene ring substituents is 1. The quantitative estimate of drug-likeness (QED) is 0.588. The van der Waals surface area contributed by atoms with Crippen LogP contribution in [0.4, 0.5) is 11.4 Å². The maximum atomic E-state index is 11.8. The zero-order chi connectivity index (χ0) is 17.5. The first-order valence-corrected chi connectivity index (χ1v) is 8.05. The van der Waals surface area contributed by atoms with E-state index in [2.05, 4.69) is 5.32 Å². The van der Waals surface area contributed by atoms with Gasteiger partial charge in [-0.2, -0.15) is 0 Å². The van der Waals surface area contributed by atoms with Gasteiger partial charge in [0, 0.05) is 23.6 Å². The fraction of sp³-hybridized carbons (Fsp3) is 0.125. The van der Waals surface area contributed by atoms with E-state index in [4.69, 9.17) is 5.11 Å². The fourth-order valence-corrected chi connectivity index (χ4v) is 2.66. The molecule has 0 radical (unpaired) electrons. The monoisotopic (exact) mass is 346 g/mol. The predicted molar refractivity (Wildman–Crippen MR) is 91.3 cm³/mol. The zero-order valence-corrected chi connectivity index (χ0v) is 13.3. The molecule has 24 heavy (non-hydrogen) atoms. The second kappa shape index (κ2) is 8.11. The summed E-state index contributed by atoms with van der Waals surface area (Å²) in [4.78, 5) is 32.7. The van der Waals surface area contributed by atoms with E-state index in [1.54, 1.807) is 12.1 Å². The molecule has 124 valence electrons. The highest BCUT2D eigenvalue weighted by molar-refractivity contribution is 7.99. The summed E-state index contributed by atoms with van der Waals surface area (Å²) in [5.74, 6) is -0.447. The number of aromatic carboxylic acids is 1. The van der Waals surface area contributed by atoms with Crippen molar-refractivity contribution in [3.05, 3.63) is 69.8 Å². The van der Waals surface area contributed by atoms with Crippen molar-refractivity contribution in [3.63, 3.8) is 0 Å². The molecule has 8 heteroatoms. The van der Waals surface area contributed by atoms with Crippen LogP contribution in [0.5, 0.6) is 0 Å². The number of anilines is 1. The van der Waals surface area contributed by atoms with E-state index in [1.165, 1.54) is 48.2 Å². The van der Waals surface area contributed by atoms with Crippen molar-refractivity contribution in [1.29, 1.82) is 0 Å². The Morgan fingerprint density at radius 2 is 1.71 bits per heavy atom. The maximum absolute atomic E-state index is 11.8. The van der Waals surface area contributed by atoms with Crippen molar-refractivity contribution < 1.29 is 19.6 Å². The molecule has 2 aromatic carbocycles. The number of nitrogens with zero attached hydrogens (tertiary/aromatic N) is 1. The summed E-state index contributed by atoms with van der Waals surface area (Å²) >= 11 is 1.38. The molecule has 2 rings (SSSR count). The minimum Gasteiger partial charge on any atom is -0.478 e. The largest absolute Gasteiger partial charge is 0.478 e. The molecule has 0 aromatic heterocycles. The molecule has 0 aliphatic rings. The minimum absolute atomic E-state index is 0.0336. The number of hydrogen-bond donors (Lipinski definition) is 2. The molecule has 0 fully saturated rings. The number of rotatable bonds is 7. The van der Waals surface area contributed by atoms with Crippen molar-refractivity contribution >= 4 is 35.0 Å². The van der Waals surface area contributed by atoms with E-state index < -0.39 is 10.9 Å². The Hall–Kier alpha value is -2.87. The number of nitro groups is 1. The lowest BCUT2D eigenvalue weighted by Gasteiger charge is -2.06. The molecule has 0 aliphatic carbocycles. The van der Waals surface area contributed by atoms with Gasteiger partial charge in [0.2, 0.25) is 5.91 Å². The molecule has 0 bridgehead atoms. The second-order valence-electron chi connectivity index (χ2n) is 4.85. The number of nitrogens with one attached hydrogen (secondary N) is 1. The van der Waals surface area contributed by atoms with Crippen LogP contribution in [-0.4, -0.2) is 27.7 Å². The maximum Gasteiger partial charge on any atom is 0.335 e. The number of carboxylic acids is 1.